The van der Waals surface area contributed by atoms with E-state index in [1.165, 1.54) is 11.2 Å². The van der Waals surface area contributed by atoms with E-state index in [-0.39, 0.29) is 11.5 Å². The molecule has 3 heterocycles. The smallest absolute Gasteiger partial charge is 0.234 e. The van der Waals surface area contributed by atoms with Gasteiger partial charge in [0.1, 0.15) is 12.4 Å². The highest BCUT2D eigenvalue weighted by molar-refractivity contribution is 7.10. The molecular weight excluding hydrogens is 334 g/mol. The van der Waals surface area contributed by atoms with Crippen LogP contribution in [-0.2, 0) is 10.2 Å². The molecule has 2 aliphatic rings. The number of likely N-dealkylation sites (tertiary alicyclic amines) is 1. The van der Waals surface area contributed by atoms with Gasteiger partial charge in [0.2, 0.25) is 11.8 Å². The van der Waals surface area contributed by atoms with E-state index in [2.05, 4.69) is 27.5 Å². The van der Waals surface area contributed by atoms with Crippen molar-refractivity contribution in [3.05, 3.63) is 41.0 Å². The van der Waals surface area contributed by atoms with Crippen LogP contribution in [0.1, 0.15) is 43.4 Å². The lowest BCUT2D eigenvalue weighted by molar-refractivity contribution is -0.140. The Morgan fingerprint density at radius 3 is 2.88 bits per heavy atom. The minimum absolute atomic E-state index is 0.00869. The molecule has 1 aliphatic heterocycles. The average molecular weight is 357 g/mol. The van der Waals surface area contributed by atoms with E-state index < -0.39 is 0 Å². The lowest BCUT2D eigenvalue weighted by atomic mass is 9.82. The van der Waals surface area contributed by atoms with Crippen LogP contribution >= 0.6 is 11.3 Å². The van der Waals surface area contributed by atoms with E-state index in [4.69, 9.17) is 4.74 Å². The molecule has 4 rings (SSSR count). The maximum absolute atomic E-state index is 13.5. The second-order valence-corrected chi connectivity index (χ2v) is 7.90. The molecule has 5 nitrogen and oxygen atoms in total. The van der Waals surface area contributed by atoms with Crippen LogP contribution in [0.4, 0.5) is 0 Å². The molecule has 2 fully saturated rings. The molecule has 1 amide bonds. The number of thiophene rings is 1. The molecule has 1 saturated carbocycles. The molecule has 0 N–H and O–H groups in total. The summed E-state index contributed by atoms with van der Waals surface area (Å²) < 4.78 is 5.98. The number of carbonyl (C=O) groups is 1. The number of hydrogen-bond donors (Lipinski definition) is 0. The van der Waals surface area contributed by atoms with Gasteiger partial charge in [-0.05, 0) is 37.1 Å². The van der Waals surface area contributed by atoms with Crippen molar-refractivity contribution in [3.63, 3.8) is 0 Å². The average Bonchev–Trinajstić information content (AvgIpc) is 3.34. The van der Waals surface area contributed by atoms with Gasteiger partial charge >= 0.3 is 0 Å². The Kier molecular flexibility index (Phi) is 4.70. The van der Waals surface area contributed by atoms with Crippen molar-refractivity contribution in [3.8, 4) is 5.88 Å². The van der Waals surface area contributed by atoms with Gasteiger partial charge in [0.05, 0.1) is 12.0 Å². The van der Waals surface area contributed by atoms with E-state index in [0.717, 1.165) is 45.1 Å². The van der Waals surface area contributed by atoms with Crippen LogP contribution in [0.5, 0.6) is 5.88 Å². The summed E-state index contributed by atoms with van der Waals surface area (Å²) in [4.78, 5) is 24.8. The monoisotopic (exact) mass is 357 g/mol. The van der Waals surface area contributed by atoms with Crippen LogP contribution in [0.15, 0.2) is 36.1 Å². The third-order valence-corrected chi connectivity index (χ3v) is 6.44. The summed E-state index contributed by atoms with van der Waals surface area (Å²) in [6, 6.07) is 5.96. The minimum Gasteiger partial charge on any atom is -0.472 e. The first-order valence-electron chi connectivity index (χ1n) is 9.04. The van der Waals surface area contributed by atoms with Gasteiger partial charge in [-0.1, -0.05) is 18.9 Å². The fraction of sp³-hybridized carbons (Fsp3) is 0.526. The Hall–Kier alpha value is -1.95. The van der Waals surface area contributed by atoms with Crippen molar-refractivity contribution in [2.45, 2.75) is 50.0 Å². The molecule has 6 heteroatoms. The van der Waals surface area contributed by atoms with Crippen molar-refractivity contribution in [1.29, 1.82) is 0 Å². The summed E-state index contributed by atoms with van der Waals surface area (Å²) in [6.07, 6.45) is 9.33. The second kappa shape index (κ2) is 7.12. The van der Waals surface area contributed by atoms with E-state index in [9.17, 15) is 4.79 Å². The van der Waals surface area contributed by atoms with Gasteiger partial charge in [0.15, 0.2) is 0 Å². The first kappa shape index (κ1) is 16.5. The molecule has 2 aromatic heterocycles. The van der Waals surface area contributed by atoms with E-state index >= 15 is 0 Å². The molecule has 0 bridgehead atoms. The Bertz CT molecular complexity index is 699. The maximum Gasteiger partial charge on any atom is 0.234 e. The summed E-state index contributed by atoms with van der Waals surface area (Å²) in [7, 11) is 0. The number of rotatable bonds is 4. The van der Waals surface area contributed by atoms with Crippen molar-refractivity contribution in [2.24, 2.45) is 0 Å². The Balaban J connectivity index is 1.49. The van der Waals surface area contributed by atoms with Crippen molar-refractivity contribution < 1.29 is 9.53 Å². The molecular formula is C19H23N3O2S. The van der Waals surface area contributed by atoms with Crippen molar-refractivity contribution in [2.75, 3.05) is 13.1 Å². The fourth-order valence-electron chi connectivity index (χ4n) is 4.14. The lowest BCUT2D eigenvalue weighted by Gasteiger charge is -2.38. The summed E-state index contributed by atoms with van der Waals surface area (Å²) >= 11 is 1.72. The third kappa shape index (κ3) is 3.27. The van der Waals surface area contributed by atoms with Gasteiger partial charge in [-0.15, -0.1) is 11.3 Å². The van der Waals surface area contributed by atoms with Gasteiger partial charge < -0.3 is 9.64 Å². The minimum atomic E-state index is -0.301. The fourth-order valence-corrected chi connectivity index (χ4v) is 5.11. The van der Waals surface area contributed by atoms with Crippen LogP contribution in [0, 0.1) is 0 Å². The maximum atomic E-state index is 13.5. The lowest BCUT2D eigenvalue weighted by Crippen LogP contribution is -2.51. The number of ether oxygens (including phenoxy) is 1. The highest BCUT2D eigenvalue weighted by atomic mass is 32.1. The standard InChI is InChI=1S/C19H23N3O2S/c23-18(19(8-1-2-9-19)16-6-4-12-25-16)22-11-3-5-15(13-22)24-17-7-10-20-14-21-17/h4,6-7,10,12,14-15H,1-3,5,8-9,11,13H2. The predicted molar refractivity (Wildman–Crippen MR) is 96.7 cm³/mol. The predicted octanol–water partition coefficient (Wildman–Crippen LogP) is 3.42. The largest absolute Gasteiger partial charge is 0.472 e. The summed E-state index contributed by atoms with van der Waals surface area (Å²) in [5, 5.41) is 2.08. The molecule has 1 saturated heterocycles. The Labute approximate surface area is 152 Å². The number of hydrogen-bond acceptors (Lipinski definition) is 5. The molecule has 1 unspecified atom stereocenters. The summed E-state index contributed by atoms with van der Waals surface area (Å²) in [5.41, 5.74) is -0.301. The molecule has 132 valence electrons. The quantitative estimate of drug-likeness (QED) is 0.841. The second-order valence-electron chi connectivity index (χ2n) is 6.95. The topological polar surface area (TPSA) is 55.3 Å². The number of carbonyl (C=O) groups excluding carboxylic acids is 1. The molecule has 0 radical (unpaired) electrons. The zero-order valence-electron chi connectivity index (χ0n) is 14.3. The normalized spacial score (nSPS) is 22.7. The first-order chi connectivity index (χ1) is 12.3. The van der Waals surface area contributed by atoms with Crippen molar-refractivity contribution >= 4 is 17.2 Å². The number of piperidine rings is 1. The number of amides is 1. The van der Waals surface area contributed by atoms with Crippen LogP contribution in [0.2, 0.25) is 0 Å². The number of nitrogens with zero attached hydrogens (tertiary/aromatic N) is 3. The summed E-state index contributed by atoms with van der Waals surface area (Å²) in [5.74, 6) is 0.881. The van der Waals surface area contributed by atoms with E-state index in [0.29, 0.717) is 18.3 Å². The van der Waals surface area contributed by atoms with Gasteiger partial charge in [-0.3, -0.25) is 4.79 Å². The van der Waals surface area contributed by atoms with Crippen LogP contribution in [0.25, 0.3) is 0 Å². The molecule has 1 atom stereocenters. The van der Waals surface area contributed by atoms with E-state index in [1.807, 2.05) is 4.90 Å². The van der Waals surface area contributed by atoms with Crippen molar-refractivity contribution in [1.82, 2.24) is 14.9 Å². The first-order valence-corrected chi connectivity index (χ1v) is 9.92. The Morgan fingerprint density at radius 1 is 1.28 bits per heavy atom. The molecule has 1 aliphatic carbocycles. The summed E-state index contributed by atoms with van der Waals surface area (Å²) in [6.45, 7) is 1.48. The molecule has 0 aromatic carbocycles. The zero-order valence-corrected chi connectivity index (χ0v) is 15.1. The van der Waals surface area contributed by atoms with Gasteiger partial charge in [0.25, 0.3) is 0 Å². The number of aromatic nitrogens is 2. The molecule has 0 spiro atoms. The van der Waals surface area contributed by atoms with Crippen LogP contribution in [-0.4, -0.2) is 40.0 Å². The van der Waals surface area contributed by atoms with Gasteiger partial charge in [-0.25, -0.2) is 9.97 Å². The molecule has 25 heavy (non-hydrogen) atoms. The van der Waals surface area contributed by atoms with Crippen LogP contribution < -0.4 is 4.74 Å². The van der Waals surface area contributed by atoms with Gasteiger partial charge in [-0.2, -0.15) is 0 Å². The van der Waals surface area contributed by atoms with Crippen LogP contribution in [0.3, 0.4) is 0 Å². The highest BCUT2D eigenvalue weighted by Gasteiger charge is 2.46. The molecule has 2 aromatic rings. The Morgan fingerprint density at radius 2 is 2.16 bits per heavy atom. The zero-order chi connectivity index (χ0) is 17.1. The third-order valence-electron chi connectivity index (χ3n) is 5.37. The SMILES string of the molecule is O=C(N1CCCC(Oc2ccncn2)C1)C1(c2cccs2)CCCC1. The van der Waals surface area contributed by atoms with Gasteiger partial charge in [0, 0.05) is 23.7 Å². The highest BCUT2D eigenvalue weighted by Crippen LogP contribution is 2.44. The van der Waals surface area contributed by atoms with E-state index in [1.54, 1.807) is 23.6 Å².